The van der Waals surface area contributed by atoms with E-state index in [1.165, 1.54) is 31.0 Å². The molecule has 2 aromatic carbocycles. The molecule has 3 N–H and O–H groups in total. The van der Waals surface area contributed by atoms with Gasteiger partial charge >= 0.3 is 24.8 Å². The van der Waals surface area contributed by atoms with Gasteiger partial charge in [-0.1, -0.05) is 69.4 Å². The topological polar surface area (TPSA) is 113 Å². The molecule has 2 unspecified atom stereocenters. The molecule has 0 spiro atoms. The summed E-state index contributed by atoms with van der Waals surface area (Å²) in [5.41, 5.74) is 3.99. The average molecular weight is 597 g/mol. The van der Waals surface area contributed by atoms with Crippen LogP contribution in [0.15, 0.2) is 42.5 Å². The molecule has 0 radical (unpaired) electrons. The van der Waals surface area contributed by atoms with Gasteiger partial charge in [-0.3, -0.25) is 4.79 Å². The summed E-state index contributed by atoms with van der Waals surface area (Å²) in [4.78, 5) is 25.1. The van der Waals surface area contributed by atoms with E-state index in [-0.39, 0.29) is 37.8 Å². The van der Waals surface area contributed by atoms with Gasteiger partial charge in [0.1, 0.15) is 6.04 Å². The minimum Gasteiger partial charge on any atom is -1.00 e. The summed E-state index contributed by atoms with van der Waals surface area (Å²) < 4.78 is 25.1. The Bertz CT molecular complexity index is 1260. The Hall–Kier alpha value is -1.76. The summed E-state index contributed by atoms with van der Waals surface area (Å²) in [6.07, 6.45) is 9.07. The Morgan fingerprint density at radius 1 is 1.10 bits per heavy atom. The molecule has 0 bridgehead atoms. The predicted molar refractivity (Wildman–Crippen MR) is 166 cm³/mol. The Balaban J connectivity index is 0.00000441. The van der Waals surface area contributed by atoms with Gasteiger partial charge in [0.2, 0.25) is 0 Å². The molecular formula is C31H45LiN2O5S2. The van der Waals surface area contributed by atoms with E-state index in [4.69, 9.17) is 0 Å². The van der Waals surface area contributed by atoms with Crippen molar-refractivity contribution in [3.8, 4) is 11.1 Å². The molecule has 10 heteroatoms. The van der Waals surface area contributed by atoms with E-state index in [9.17, 15) is 23.1 Å². The summed E-state index contributed by atoms with van der Waals surface area (Å²) in [6, 6.07) is 12.3. The quantitative estimate of drug-likeness (QED) is 0.271. The van der Waals surface area contributed by atoms with Gasteiger partial charge in [0.25, 0.3) is 5.91 Å². The van der Waals surface area contributed by atoms with Crippen LogP contribution in [0.5, 0.6) is 0 Å². The molecule has 3 rings (SSSR count). The van der Waals surface area contributed by atoms with E-state index in [1.807, 2.05) is 49.6 Å². The van der Waals surface area contributed by atoms with E-state index in [0.29, 0.717) is 30.2 Å². The molecule has 0 heterocycles. The third kappa shape index (κ3) is 11.1. The normalized spacial score (nSPS) is 15.5. The van der Waals surface area contributed by atoms with Crippen LogP contribution in [0.2, 0.25) is 0 Å². The third-order valence-electron chi connectivity index (χ3n) is 7.81. The second kappa shape index (κ2) is 17.4. The number of carboxylic acids is 1. The molecule has 1 aliphatic carbocycles. The first kappa shape index (κ1) is 35.4. The van der Waals surface area contributed by atoms with Crippen LogP contribution in [0.4, 0.5) is 0 Å². The van der Waals surface area contributed by atoms with Crippen molar-refractivity contribution >= 4 is 33.5 Å². The zero-order valence-electron chi connectivity index (χ0n) is 25.9. The van der Waals surface area contributed by atoms with Crippen LogP contribution in [-0.2, 0) is 21.2 Å². The van der Waals surface area contributed by atoms with Crippen molar-refractivity contribution in [1.29, 1.82) is 0 Å². The molecule has 1 fully saturated rings. The maximum absolute atomic E-state index is 13.4. The van der Waals surface area contributed by atoms with Crippen LogP contribution in [0.1, 0.15) is 74.8 Å². The monoisotopic (exact) mass is 596 g/mol. The molecule has 0 aliphatic heterocycles. The van der Waals surface area contributed by atoms with Gasteiger partial charge < -0.3 is 17.2 Å². The number of nitrogens with one attached hydrogen (secondary N) is 2. The number of benzene rings is 2. The maximum Gasteiger partial charge on any atom is 1.00 e. The van der Waals surface area contributed by atoms with E-state index in [2.05, 4.69) is 10.6 Å². The maximum atomic E-state index is 13.4. The molecular weight excluding hydrogens is 551 g/mol. The Kier molecular flexibility index (Phi) is 15.0. The van der Waals surface area contributed by atoms with Crippen LogP contribution >= 0.6 is 11.8 Å². The van der Waals surface area contributed by atoms with Gasteiger partial charge in [0.05, 0.1) is 5.75 Å². The number of aryl methyl sites for hydroxylation is 1. The second-order valence-corrected chi connectivity index (χ2v) is 14.2. The van der Waals surface area contributed by atoms with Gasteiger partial charge in [-0.25, -0.2) is 13.2 Å². The van der Waals surface area contributed by atoms with Crippen molar-refractivity contribution < 1.29 is 43.4 Å². The number of aliphatic carboxylic acids is 1. The SMILES string of the molecule is CCS(=O)(=O)CC(CC1CCCCC1)NCc1ccc(C(=O)NC(CCSC)C(=O)O)c(-c2ccccc2C)c1.[H-].[Li+]. The largest absolute Gasteiger partial charge is 1.00 e. The van der Waals surface area contributed by atoms with Crippen LogP contribution in [0.25, 0.3) is 11.1 Å². The number of hydrogen-bond donors (Lipinski definition) is 3. The fraction of sp³-hybridized carbons (Fsp3) is 0.548. The molecule has 7 nitrogen and oxygen atoms in total. The van der Waals surface area contributed by atoms with Crippen LogP contribution in [-0.4, -0.2) is 61.0 Å². The van der Waals surface area contributed by atoms with Crippen LogP contribution in [0.3, 0.4) is 0 Å². The minimum atomic E-state index is -3.14. The number of rotatable bonds is 15. The summed E-state index contributed by atoms with van der Waals surface area (Å²) in [7, 11) is -3.14. The number of carbonyl (C=O) groups is 2. The zero-order valence-corrected chi connectivity index (χ0v) is 26.6. The van der Waals surface area contributed by atoms with Gasteiger partial charge in [-0.2, -0.15) is 11.8 Å². The van der Waals surface area contributed by atoms with Crippen LogP contribution < -0.4 is 29.5 Å². The van der Waals surface area contributed by atoms with E-state index in [1.54, 1.807) is 13.0 Å². The number of carbonyl (C=O) groups excluding carboxylic acids is 1. The van der Waals surface area contributed by atoms with Crippen molar-refractivity contribution in [1.82, 2.24) is 10.6 Å². The van der Waals surface area contributed by atoms with Crippen molar-refractivity contribution in [2.24, 2.45) is 5.92 Å². The molecule has 0 saturated heterocycles. The molecule has 1 aliphatic rings. The van der Waals surface area contributed by atoms with Gasteiger partial charge in [-0.05, 0) is 72.1 Å². The fourth-order valence-corrected chi connectivity index (χ4v) is 7.02. The van der Waals surface area contributed by atoms with Crippen molar-refractivity contribution in [2.45, 2.75) is 77.4 Å². The molecule has 2 aromatic rings. The number of carboxylic acid groups (broad SMARTS) is 1. The first-order valence-electron chi connectivity index (χ1n) is 14.3. The predicted octanol–water partition coefficient (Wildman–Crippen LogP) is 2.58. The third-order valence-corrected chi connectivity index (χ3v) is 10.2. The molecule has 2 atom stereocenters. The first-order chi connectivity index (χ1) is 19.1. The summed E-state index contributed by atoms with van der Waals surface area (Å²) in [5.74, 6) is -0.0480. The van der Waals surface area contributed by atoms with Crippen molar-refractivity contribution in [3.05, 3.63) is 59.2 Å². The zero-order chi connectivity index (χ0) is 29.1. The molecule has 0 aromatic heterocycles. The average Bonchev–Trinajstić information content (AvgIpc) is 2.94. The van der Waals surface area contributed by atoms with Crippen molar-refractivity contribution in [2.75, 3.05) is 23.5 Å². The Morgan fingerprint density at radius 3 is 2.44 bits per heavy atom. The van der Waals surface area contributed by atoms with E-state index >= 15 is 0 Å². The molecule has 222 valence electrons. The number of amides is 1. The van der Waals surface area contributed by atoms with Crippen molar-refractivity contribution in [3.63, 3.8) is 0 Å². The molecule has 1 saturated carbocycles. The minimum absolute atomic E-state index is 0. The molecule has 41 heavy (non-hydrogen) atoms. The van der Waals surface area contributed by atoms with Gasteiger partial charge in [0.15, 0.2) is 9.84 Å². The Morgan fingerprint density at radius 2 is 1.80 bits per heavy atom. The number of thioether (sulfide) groups is 1. The first-order valence-corrected chi connectivity index (χ1v) is 17.5. The van der Waals surface area contributed by atoms with Gasteiger partial charge in [0, 0.05) is 23.9 Å². The smallest absolute Gasteiger partial charge is 1.00 e. The van der Waals surface area contributed by atoms with E-state index in [0.717, 1.165) is 41.5 Å². The van der Waals surface area contributed by atoms with E-state index < -0.39 is 27.8 Å². The Labute approximate surface area is 263 Å². The standard InChI is InChI=1S/C31H44N2O5S2.Li.H/c1-4-40(37,38)21-25(18-23-11-6-5-7-12-23)32-20-24-14-15-27(28(19-24)26-13-9-8-10-22(26)2)30(34)33-29(31(35)36)16-17-39-3;;/h8-10,13-15,19,23,25,29,32H,4-7,11-12,16-18,20-21H2,1-3H3,(H,33,34)(H,35,36);;/q;+1;-1. The summed E-state index contributed by atoms with van der Waals surface area (Å²) in [5, 5.41) is 15.9. The van der Waals surface area contributed by atoms with Crippen LogP contribution in [0, 0.1) is 12.8 Å². The fourth-order valence-electron chi connectivity index (χ4n) is 5.45. The number of hydrogen-bond acceptors (Lipinski definition) is 6. The summed E-state index contributed by atoms with van der Waals surface area (Å²) in [6.45, 7) is 4.15. The summed E-state index contributed by atoms with van der Waals surface area (Å²) >= 11 is 1.54. The second-order valence-electron chi connectivity index (χ2n) is 10.9. The van der Waals surface area contributed by atoms with Gasteiger partial charge in [-0.15, -0.1) is 0 Å². The molecule has 1 amide bonds. The number of sulfone groups is 1.